The highest BCUT2D eigenvalue weighted by atomic mass is 35.5. The highest BCUT2D eigenvalue weighted by Gasteiger charge is 2.45. The topological polar surface area (TPSA) is 98.8 Å². The Kier molecular flexibility index (Phi) is 5.59. The Balaban J connectivity index is 0.00000210. The summed E-state index contributed by atoms with van der Waals surface area (Å²) in [5, 5.41) is 5.50. The van der Waals surface area contributed by atoms with Crippen LogP contribution >= 0.6 is 12.4 Å². The van der Waals surface area contributed by atoms with E-state index in [0.29, 0.717) is 17.7 Å². The first kappa shape index (κ1) is 19.5. The summed E-state index contributed by atoms with van der Waals surface area (Å²) in [6, 6.07) is 4.34. The van der Waals surface area contributed by atoms with Gasteiger partial charge in [-0.2, -0.15) is 0 Å². The van der Waals surface area contributed by atoms with E-state index in [-0.39, 0.29) is 31.2 Å². The van der Waals surface area contributed by atoms with E-state index in [1.54, 1.807) is 12.1 Å². The molecule has 0 aromatic heterocycles. The molecule has 4 rings (SSSR count). The Morgan fingerprint density at radius 1 is 1.04 bits per heavy atom. The molecule has 2 N–H and O–H groups in total. The number of fused-ring (bicyclic) bond motifs is 1. The average Bonchev–Trinajstić information content (AvgIpc) is 2.88. The molecule has 0 radical (unpaired) electrons. The number of piperazine rings is 1. The second kappa shape index (κ2) is 7.75. The van der Waals surface area contributed by atoms with Crippen molar-refractivity contribution in [1.29, 1.82) is 0 Å². The first-order chi connectivity index (χ1) is 12.6. The van der Waals surface area contributed by atoms with Crippen LogP contribution in [0.4, 0.5) is 0 Å². The average molecular weight is 393 g/mol. The number of benzene rings is 1. The van der Waals surface area contributed by atoms with Crippen molar-refractivity contribution in [2.45, 2.75) is 25.4 Å². The summed E-state index contributed by atoms with van der Waals surface area (Å²) in [5.41, 5.74) is 1.53. The fourth-order valence-corrected chi connectivity index (χ4v) is 3.83. The summed E-state index contributed by atoms with van der Waals surface area (Å²) >= 11 is 0. The van der Waals surface area contributed by atoms with Gasteiger partial charge in [0, 0.05) is 39.1 Å². The van der Waals surface area contributed by atoms with Crippen LogP contribution in [0.1, 0.15) is 39.1 Å². The molecule has 1 aromatic rings. The predicted molar refractivity (Wildman–Crippen MR) is 98.5 cm³/mol. The summed E-state index contributed by atoms with van der Waals surface area (Å²) in [6.07, 6.45) is 0.292. The monoisotopic (exact) mass is 392 g/mol. The Bertz CT molecular complexity index is 807. The Morgan fingerprint density at radius 2 is 1.78 bits per heavy atom. The zero-order chi connectivity index (χ0) is 18.3. The molecule has 0 aliphatic carbocycles. The molecular weight excluding hydrogens is 372 g/mol. The highest BCUT2D eigenvalue weighted by Crippen LogP contribution is 2.30. The molecule has 3 aliphatic rings. The minimum atomic E-state index is -0.924. The zero-order valence-corrected chi connectivity index (χ0v) is 15.5. The first-order valence-electron chi connectivity index (χ1n) is 8.83. The van der Waals surface area contributed by atoms with E-state index in [1.165, 1.54) is 0 Å². The molecule has 1 aromatic carbocycles. The van der Waals surface area contributed by atoms with Crippen molar-refractivity contribution in [3.8, 4) is 0 Å². The lowest BCUT2D eigenvalue weighted by atomic mass is 10.0. The second-order valence-corrected chi connectivity index (χ2v) is 6.81. The van der Waals surface area contributed by atoms with Crippen molar-refractivity contribution in [3.63, 3.8) is 0 Å². The number of carbonyl (C=O) groups excluding carboxylic acids is 4. The molecule has 3 aliphatic heterocycles. The lowest BCUT2D eigenvalue weighted by Crippen LogP contribution is -2.54. The molecule has 8 nitrogen and oxygen atoms in total. The summed E-state index contributed by atoms with van der Waals surface area (Å²) in [4.78, 5) is 52.6. The fourth-order valence-electron chi connectivity index (χ4n) is 3.83. The molecule has 144 valence electrons. The third-order valence-corrected chi connectivity index (χ3v) is 5.16. The van der Waals surface area contributed by atoms with Gasteiger partial charge in [0.2, 0.25) is 11.8 Å². The van der Waals surface area contributed by atoms with Gasteiger partial charge in [0.1, 0.15) is 6.04 Å². The number of carbonyl (C=O) groups is 4. The van der Waals surface area contributed by atoms with Crippen molar-refractivity contribution in [3.05, 3.63) is 34.9 Å². The molecule has 1 unspecified atom stereocenters. The maximum absolute atomic E-state index is 13.0. The van der Waals surface area contributed by atoms with Crippen molar-refractivity contribution < 1.29 is 19.2 Å². The van der Waals surface area contributed by atoms with E-state index < -0.39 is 23.8 Å². The minimum absolute atomic E-state index is 0. The number of nitrogens with zero attached hydrogens (tertiary/aromatic N) is 2. The number of hydrogen-bond acceptors (Lipinski definition) is 6. The van der Waals surface area contributed by atoms with Gasteiger partial charge in [-0.1, -0.05) is 12.1 Å². The quantitative estimate of drug-likeness (QED) is 0.698. The van der Waals surface area contributed by atoms with E-state index in [0.717, 1.165) is 36.6 Å². The first-order valence-corrected chi connectivity index (χ1v) is 8.83. The molecule has 3 heterocycles. The number of halogens is 1. The molecule has 0 saturated carbocycles. The summed E-state index contributed by atoms with van der Waals surface area (Å²) in [5.74, 6) is -1.85. The number of piperidine rings is 1. The van der Waals surface area contributed by atoms with Crippen LogP contribution in [0.3, 0.4) is 0 Å². The van der Waals surface area contributed by atoms with Gasteiger partial charge in [-0.25, -0.2) is 0 Å². The van der Waals surface area contributed by atoms with E-state index in [1.807, 2.05) is 6.07 Å². The molecule has 2 saturated heterocycles. The fraction of sp³-hybridized carbons (Fsp3) is 0.444. The Labute approximate surface area is 162 Å². The van der Waals surface area contributed by atoms with Crippen LogP contribution in [0.25, 0.3) is 0 Å². The third-order valence-electron chi connectivity index (χ3n) is 5.16. The number of nitrogens with one attached hydrogen (secondary N) is 2. The van der Waals surface area contributed by atoms with E-state index in [2.05, 4.69) is 15.5 Å². The lowest BCUT2D eigenvalue weighted by molar-refractivity contribution is -0.136. The summed E-state index contributed by atoms with van der Waals surface area (Å²) in [7, 11) is 0. The highest BCUT2D eigenvalue weighted by molar-refractivity contribution is 6.24. The SMILES string of the molecule is Cl.O=C1CCC(N2C(=O)c3cccc(CN4CCNCC4)c3C2=O)C(=O)N1. The molecule has 1 atom stereocenters. The normalized spacial score (nSPS) is 23.1. The van der Waals surface area contributed by atoms with Gasteiger partial charge in [0.15, 0.2) is 0 Å². The van der Waals surface area contributed by atoms with E-state index >= 15 is 0 Å². The number of amides is 4. The van der Waals surface area contributed by atoms with Crippen molar-refractivity contribution in [2.75, 3.05) is 26.2 Å². The number of rotatable bonds is 3. The second-order valence-electron chi connectivity index (χ2n) is 6.81. The Morgan fingerprint density at radius 3 is 2.48 bits per heavy atom. The number of imide groups is 2. The van der Waals surface area contributed by atoms with Gasteiger partial charge >= 0.3 is 0 Å². The molecular formula is C18H21ClN4O4. The van der Waals surface area contributed by atoms with Crippen molar-refractivity contribution in [1.82, 2.24) is 20.4 Å². The number of hydrogen-bond donors (Lipinski definition) is 2. The maximum Gasteiger partial charge on any atom is 0.262 e. The molecule has 27 heavy (non-hydrogen) atoms. The Hall–Kier alpha value is -2.29. The van der Waals surface area contributed by atoms with Crippen LogP contribution in [0, 0.1) is 0 Å². The van der Waals surface area contributed by atoms with Gasteiger partial charge in [0.05, 0.1) is 11.1 Å². The molecule has 0 bridgehead atoms. The maximum atomic E-state index is 13.0. The van der Waals surface area contributed by atoms with Crippen LogP contribution in [0.2, 0.25) is 0 Å². The third kappa shape index (κ3) is 3.47. The van der Waals surface area contributed by atoms with Gasteiger partial charge in [-0.05, 0) is 18.1 Å². The van der Waals surface area contributed by atoms with Gasteiger partial charge in [-0.3, -0.25) is 34.3 Å². The van der Waals surface area contributed by atoms with Gasteiger partial charge < -0.3 is 5.32 Å². The minimum Gasteiger partial charge on any atom is -0.314 e. The van der Waals surface area contributed by atoms with Crippen molar-refractivity contribution in [2.24, 2.45) is 0 Å². The zero-order valence-electron chi connectivity index (χ0n) is 14.7. The summed E-state index contributed by atoms with van der Waals surface area (Å²) < 4.78 is 0. The van der Waals surface area contributed by atoms with Crippen LogP contribution in [0.5, 0.6) is 0 Å². The van der Waals surface area contributed by atoms with E-state index in [4.69, 9.17) is 0 Å². The molecule has 9 heteroatoms. The van der Waals surface area contributed by atoms with Crippen LogP contribution in [-0.4, -0.2) is 65.6 Å². The van der Waals surface area contributed by atoms with Gasteiger partial charge in [0.25, 0.3) is 11.8 Å². The molecule has 0 spiro atoms. The van der Waals surface area contributed by atoms with Crippen LogP contribution in [-0.2, 0) is 16.1 Å². The molecule has 2 fully saturated rings. The predicted octanol–water partition coefficient (Wildman–Crippen LogP) is -0.0852. The largest absolute Gasteiger partial charge is 0.314 e. The molecule has 4 amide bonds. The smallest absolute Gasteiger partial charge is 0.262 e. The van der Waals surface area contributed by atoms with Crippen molar-refractivity contribution >= 4 is 36.0 Å². The summed E-state index contributed by atoms with van der Waals surface area (Å²) in [6.45, 7) is 4.13. The lowest BCUT2D eigenvalue weighted by Gasteiger charge is -2.28. The van der Waals surface area contributed by atoms with Crippen LogP contribution in [0.15, 0.2) is 18.2 Å². The van der Waals surface area contributed by atoms with Gasteiger partial charge in [-0.15, -0.1) is 12.4 Å². The van der Waals surface area contributed by atoms with Crippen LogP contribution < -0.4 is 10.6 Å². The van der Waals surface area contributed by atoms with E-state index in [9.17, 15) is 19.2 Å². The standard InChI is InChI=1S/C18H20N4O4.ClH/c23-14-5-4-13(16(24)20-14)22-17(25)12-3-1-2-11(15(12)18(22)26)10-21-8-6-19-7-9-21;/h1-3,13,19H,4-10H2,(H,20,23,24);1H.